The van der Waals surface area contributed by atoms with E-state index in [1.54, 1.807) is 25.1 Å². The van der Waals surface area contributed by atoms with Gasteiger partial charge in [-0.05, 0) is 47.1 Å². The van der Waals surface area contributed by atoms with Crippen LogP contribution in [0.25, 0.3) is 0 Å². The fraction of sp³-hybridized carbons (Fsp3) is 0.143. The van der Waals surface area contributed by atoms with Crippen molar-refractivity contribution in [3.63, 3.8) is 0 Å². The van der Waals surface area contributed by atoms with Crippen molar-refractivity contribution in [1.82, 2.24) is 0 Å². The Balaban J connectivity index is 2.34. The number of hydrogen-bond acceptors (Lipinski definition) is 2. The van der Waals surface area contributed by atoms with E-state index in [0.29, 0.717) is 16.5 Å². The quantitative estimate of drug-likeness (QED) is 0.864. The molecule has 0 unspecified atom stereocenters. The second-order valence-corrected chi connectivity index (χ2v) is 5.18. The summed E-state index contributed by atoms with van der Waals surface area (Å²) in [4.78, 5) is 0. The maximum Gasteiger partial charge on any atom is 0.141 e. The molecule has 0 amide bonds. The van der Waals surface area contributed by atoms with Gasteiger partial charge in [-0.1, -0.05) is 29.8 Å². The number of rotatable bonds is 3. The molecule has 0 aromatic heterocycles. The molecule has 2 rings (SSSR count). The molecule has 2 nitrogen and oxygen atoms in total. The second-order valence-electron chi connectivity index (χ2n) is 3.89. The van der Waals surface area contributed by atoms with E-state index in [9.17, 15) is 5.11 Å². The lowest BCUT2D eigenvalue weighted by Gasteiger charge is -2.13. The number of aliphatic hydroxyl groups excluding tert-OH is 1. The third kappa shape index (κ3) is 3.05. The van der Waals surface area contributed by atoms with Crippen LogP contribution in [-0.2, 0) is 0 Å². The molecular formula is C14H12BrClO2. The van der Waals surface area contributed by atoms with Crippen LogP contribution in [0, 0.1) is 0 Å². The minimum absolute atomic E-state index is 0.577. The highest BCUT2D eigenvalue weighted by atomic mass is 79.9. The van der Waals surface area contributed by atoms with Gasteiger partial charge in [-0.25, -0.2) is 0 Å². The topological polar surface area (TPSA) is 29.5 Å². The van der Waals surface area contributed by atoms with Crippen molar-refractivity contribution < 1.29 is 9.84 Å². The Bertz CT molecular complexity index is 555. The van der Waals surface area contributed by atoms with Gasteiger partial charge in [-0.3, -0.25) is 0 Å². The maximum absolute atomic E-state index is 9.68. The van der Waals surface area contributed by atoms with Crippen LogP contribution in [0.2, 0.25) is 5.02 Å². The van der Waals surface area contributed by atoms with Gasteiger partial charge in [-0.15, -0.1) is 0 Å². The average Bonchev–Trinajstić information content (AvgIpc) is 2.33. The fourth-order valence-corrected chi connectivity index (χ4v) is 2.36. The summed E-state index contributed by atoms with van der Waals surface area (Å²) in [5.41, 5.74) is 0.749. The molecule has 18 heavy (non-hydrogen) atoms. The Morgan fingerprint density at radius 3 is 2.56 bits per heavy atom. The summed E-state index contributed by atoms with van der Waals surface area (Å²) in [5, 5.41) is 10.3. The summed E-state index contributed by atoms with van der Waals surface area (Å²) in [6.07, 6.45) is -0.577. The number of benzene rings is 2. The van der Waals surface area contributed by atoms with Crippen molar-refractivity contribution in [2.45, 2.75) is 13.0 Å². The summed E-state index contributed by atoms with van der Waals surface area (Å²) in [6, 6.07) is 12.7. The van der Waals surface area contributed by atoms with E-state index in [-0.39, 0.29) is 0 Å². The van der Waals surface area contributed by atoms with Gasteiger partial charge in [0, 0.05) is 10.6 Å². The van der Waals surface area contributed by atoms with Crippen LogP contribution in [0.3, 0.4) is 0 Å². The van der Waals surface area contributed by atoms with E-state index in [2.05, 4.69) is 15.9 Å². The second kappa shape index (κ2) is 5.74. The van der Waals surface area contributed by atoms with Crippen molar-refractivity contribution in [3.8, 4) is 11.5 Å². The lowest BCUT2D eigenvalue weighted by molar-refractivity contribution is 0.195. The van der Waals surface area contributed by atoms with Crippen molar-refractivity contribution in [3.05, 3.63) is 57.5 Å². The molecular weight excluding hydrogens is 316 g/mol. The first-order chi connectivity index (χ1) is 8.58. The monoisotopic (exact) mass is 326 g/mol. The Morgan fingerprint density at radius 2 is 1.89 bits per heavy atom. The summed E-state index contributed by atoms with van der Waals surface area (Å²) in [6.45, 7) is 1.71. The molecule has 2 aromatic rings. The molecule has 0 fully saturated rings. The minimum Gasteiger partial charge on any atom is -0.456 e. The maximum atomic E-state index is 9.68. The SMILES string of the molecule is C[C@H](O)c1ccccc1Oc1ccc(Cl)cc1Br. The molecule has 2 aromatic carbocycles. The zero-order valence-electron chi connectivity index (χ0n) is 9.73. The molecule has 0 heterocycles. The summed E-state index contributed by atoms with van der Waals surface area (Å²) in [7, 11) is 0. The van der Waals surface area contributed by atoms with E-state index in [1.807, 2.05) is 24.3 Å². The Morgan fingerprint density at radius 1 is 1.17 bits per heavy atom. The van der Waals surface area contributed by atoms with Crippen molar-refractivity contribution >= 4 is 27.5 Å². The number of aliphatic hydroxyl groups is 1. The number of hydrogen-bond donors (Lipinski definition) is 1. The van der Waals surface area contributed by atoms with Crippen LogP contribution >= 0.6 is 27.5 Å². The van der Waals surface area contributed by atoms with E-state index in [4.69, 9.17) is 16.3 Å². The molecule has 0 radical (unpaired) electrons. The molecule has 0 saturated heterocycles. The van der Waals surface area contributed by atoms with Gasteiger partial charge >= 0.3 is 0 Å². The van der Waals surface area contributed by atoms with Gasteiger partial charge in [0.25, 0.3) is 0 Å². The van der Waals surface area contributed by atoms with Crippen molar-refractivity contribution in [2.75, 3.05) is 0 Å². The highest BCUT2D eigenvalue weighted by molar-refractivity contribution is 9.10. The summed E-state index contributed by atoms with van der Waals surface area (Å²) < 4.78 is 6.56. The van der Waals surface area contributed by atoms with E-state index in [0.717, 1.165) is 10.0 Å². The highest BCUT2D eigenvalue weighted by Gasteiger charge is 2.10. The highest BCUT2D eigenvalue weighted by Crippen LogP contribution is 2.34. The van der Waals surface area contributed by atoms with Crippen LogP contribution in [0.5, 0.6) is 11.5 Å². The van der Waals surface area contributed by atoms with Crippen molar-refractivity contribution in [1.29, 1.82) is 0 Å². The number of para-hydroxylation sites is 1. The first kappa shape index (κ1) is 13.4. The summed E-state index contributed by atoms with van der Waals surface area (Å²) in [5.74, 6) is 1.29. The normalized spacial score (nSPS) is 12.2. The van der Waals surface area contributed by atoms with Crippen LogP contribution in [0.1, 0.15) is 18.6 Å². The lowest BCUT2D eigenvalue weighted by Crippen LogP contribution is -1.96. The smallest absolute Gasteiger partial charge is 0.141 e. The van der Waals surface area contributed by atoms with Gasteiger partial charge < -0.3 is 9.84 Å². The van der Waals surface area contributed by atoms with Crippen molar-refractivity contribution in [2.24, 2.45) is 0 Å². The van der Waals surface area contributed by atoms with Crippen LogP contribution in [-0.4, -0.2) is 5.11 Å². The molecule has 0 bridgehead atoms. The van der Waals surface area contributed by atoms with Gasteiger partial charge in [0.15, 0.2) is 0 Å². The first-order valence-electron chi connectivity index (χ1n) is 5.48. The standard InChI is InChI=1S/C14H12BrClO2/c1-9(17)11-4-2-3-5-13(11)18-14-7-6-10(16)8-12(14)15/h2-9,17H,1H3/t9-/m0/s1. The van der Waals surface area contributed by atoms with E-state index < -0.39 is 6.10 Å². The zero-order valence-corrected chi connectivity index (χ0v) is 12.1. The number of ether oxygens (including phenoxy) is 1. The van der Waals surface area contributed by atoms with Crippen LogP contribution in [0.4, 0.5) is 0 Å². The third-order valence-corrected chi connectivity index (χ3v) is 3.34. The minimum atomic E-state index is -0.577. The molecule has 1 atom stereocenters. The molecule has 0 saturated carbocycles. The molecule has 0 spiro atoms. The van der Waals surface area contributed by atoms with E-state index in [1.165, 1.54) is 0 Å². The van der Waals surface area contributed by atoms with E-state index >= 15 is 0 Å². The van der Waals surface area contributed by atoms with Gasteiger partial charge in [0.2, 0.25) is 0 Å². The Hall–Kier alpha value is -1.03. The number of halogens is 2. The van der Waals surface area contributed by atoms with Gasteiger partial charge in [0.1, 0.15) is 11.5 Å². The fourth-order valence-electron chi connectivity index (χ4n) is 1.60. The first-order valence-corrected chi connectivity index (χ1v) is 6.65. The molecule has 4 heteroatoms. The summed E-state index contributed by atoms with van der Waals surface area (Å²) >= 11 is 9.27. The predicted molar refractivity (Wildman–Crippen MR) is 76.3 cm³/mol. The lowest BCUT2D eigenvalue weighted by atomic mass is 10.1. The molecule has 0 aliphatic rings. The average molecular weight is 328 g/mol. The van der Waals surface area contributed by atoms with Gasteiger partial charge in [-0.2, -0.15) is 0 Å². The zero-order chi connectivity index (χ0) is 13.1. The van der Waals surface area contributed by atoms with Crippen LogP contribution in [0.15, 0.2) is 46.9 Å². The largest absolute Gasteiger partial charge is 0.456 e. The van der Waals surface area contributed by atoms with Crippen LogP contribution < -0.4 is 4.74 Å². The predicted octanol–water partition coefficient (Wildman–Crippen LogP) is 4.95. The molecule has 1 N–H and O–H groups in total. The molecule has 0 aliphatic heterocycles. The Labute approximate surface area is 119 Å². The Kier molecular flexibility index (Phi) is 4.27. The molecule has 94 valence electrons. The third-order valence-electron chi connectivity index (χ3n) is 2.48. The molecule has 0 aliphatic carbocycles. The van der Waals surface area contributed by atoms with Gasteiger partial charge in [0.05, 0.1) is 10.6 Å².